The Bertz CT molecular complexity index is 1640. The summed E-state index contributed by atoms with van der Waals surface area (Å²) in [7, 11) is 3.36. The molecule has 0 spiro atoms. The van der Waals surface area contributed by atoms with Gasteiger partial charge in [-0.05, 0) is 43.8 Å². The number of likely N-dealkylation sites (tertiary alicyclic amines) is 1. The summed E-state index contributed by atoms with van der Waals surface area (Å²) in [5, 5.41) is 12.6. The van der Waals surface area contributed by atoms with Gasteiger partial charge in [0.1, 0.15) is 11.7 Å². The molecule has 5 rings (SSSR count). The lowest BCUT2D eigenvalue weighted by molar-refractivity contribution is -0.126. The third-order valence-corrected chi connectivity index (χ3v) is 9.13. The standard InChI is InChI=1S/C27H31F4N7O3S/c1-5-14-9-19(21(28)13(2)37(14)3)34-18-8-6-7-15-16(10-27(29,30)31)23(42-22(15)18)24-35-20(41-36-24)12-32-25(39)17-11-33-38(4)26(17)40/h6-8,11,13-14,19,21,33-34H,5,9-10,12H2,1-4H3,(H,32,39). The van der Waals surface area contributed by atoms with Crippen LogP contribution in [0.1, 0.15) is 48.5 Å². The molecule has 1 amide bonds. The molecular weight excluding hydrogens is 578 g/mol. The van der Waals surface area contributed by atoms with Gasteiger partial charge >= 0.3 is 6.18 Å². The lowest BCUT2D eigenvalue weighted by Crippen LogP contribution is -2.56. The number of anilines is 1. The van der Waals surface area contributed by atoms with Crippen molar-refractivity contribution >= 4 is 33.0 Å². The Hall–Kier alpha value is -3.72. The quantitative estimate of drug-likeness (QED) is 0.249. The number of H-pyrrole nitrogens is 1. The van der Waals surface area contributed by atoms with E-state index < -0.39 is 36.3 Å². The van der Waals surface area contributed by atoms with E-state index >= 15 is 4.39 Å². The van der Waals surface area contributed by atoms with Gasteiger partial charge in [0.15, 0.2) is 0 Å². The van der Waals surface area contributed by atoms with E-state index in [0.29, 0.717) is 22.2 Å². The summed E-state index contributed by atoms with van der Waals surface area (Å²) in [6, 6.07) is 4.31. The molecule has 4 atom stereocenters. The maximum atomic E-state index is 15.4. The van der Waals surface area contributed by atoms with Crippen LogP contribution >= 0.6 is 11.3 Å². The summed E-state index contributed by atoms with van der Waals surface area (Å²) in [5.41, 5.74) is -0.118. The summed E-state index contributed by atoms with van der Waals surface area (Å²) in [5.74, 6) is -0.789. The number of alkyl halides is 4. The molecule has 1 fully saturated rings. The number of piperidine rings is 1. The number of fused-ring (bicyclic) bond motifs is 1. The minimum absolute atomic E-state index is 0.0154. The average Bonchev–Trinajstić information content (AvgIpc) is 3.65. The third kappa shape index (κ3) is 5.79. The summed E-state index contributed by atoms with van der Waals surface area (Å²) >= 11 is 1.07. The third-order valence-electron chi connectivity index (χ3n) is 7.85. The van der Waals surface area contributed by atoms with Crippen molar-refractivity contribution in [3.8, 4) is 10.7 Å². The van der Waals surface area contributed by atoms with Crippen LogP contribution < -0.4 is 16.2 Å². The molecule has 10 nitrogen and oxygen atoms in total. The van der Waals surface area contributed by atoms with Gasteiger partial charge in [-0.15, -0.1) is 11.3 Å². The molecule has 1 saturated heterocycles. The van der Waals surface area contributed by atoms with Crippen molar-refractivity contribution in [2.45, 2.75) is 70.1 Å². The van der Waals surface area contributed by atoms with Crippen molar-refractivity contribution in [3.63, 3.8) is 0 Å². The molecular formula is C27H31F4N7O3S. The number of carbonyl (C=O) groups excluding carboxylic acids is 1. The zero-order valence-electron chi connectivity index (χ0n) is 23.4. The molecule has 3 aromatic heterocycles. The zero-order valence-corrected chi connectivity index (χ0v) is 24.2. The highest BCUT2D eigenvalue weighted by molar-refractivity contribution is 7.23. The molecule has 42 heavy (non-hydrogen) atoms. The molecule has 0 radical (unpaired) electrons. The van der Waals surface area contributed by atoms with Crippen LogP contribution in [-0.4, -0.2) is 68.2 Å². The first-order valence-corrected chi connectivity index (χ1v) is 14.3. The molecule has 226 valence electrons. The van der Waals surface area contributed by atoms with Gasteiger partial charge in [-0.3, -0.25) is 19.2 Å². The first-order valence-electron chi connectivity index (χ1n) is 13.5. The van der Waals surface area contributed by atoms with Crippen molar-refractivity contribution in [1.82, 2.24) is 30.1 Å². The molecule has 0 bridgehead atoms. The van der Waals surface area contributed by atoms with Gasteiger partial charge in [-0.2, -0.15) is 18.2 Å². The smallest absolute Gasteiger partial charge is 0.378 e. The van der Waals surface area contributed by atoms with Crippen LogP contribution in [-0.2, 0) is 20.0 Å². The van der Waals surface area contributed by atoms with E-state index in [-0.39, 0.29) is 46.3 Å². The van der Waals surface area contributed by atoms with E-state index in [1.54, 1.807) is 18.2 Å². The normalized spacial score (nSPS) is 21.6. The van der Waals surface area contributed by atoms with Gasteiger partial charge in [0, 0.05) is 25.3 Å². The molecule has 3 N–H and O–H groups in total. The molecule has 4 aromatic rings. The van der Waals surface area contributed by atoms with Crippen LogP contribution in [0, 0.1) is 0 Å². The number of amides is 1. The second kappa shape index (κ2) is 11.5. The first-order chi connectivity index (χ1) is 19.9. The Kier molecular flexibility index (Phi) is 8.16. The van der Waals surface area contributed by atoms with Gasteiger partial charge in [0.25, 0.3) is 11.5 Å². The van der Waals surface area contributed by atoms with Gasteiger partial charge in [-0.25, -0.2) is 4.39 Å². The fourth-order valence-electron chi connectivity index (χ4n) is 5.41. The minimum atomic E-state index is -4.52. The van der Waals surface area contributed by atoms with E-state index in [2.05, 4.69) is 25.9 Å². The van der Waals surface area contributed by atoms with Crippen LogP contribution in [0.3, 0.4) is 0 Å². The SMILES string of the molecule is CCC1CC(Nc2cccc3c(CC(F)(F)F)c(-c4noc(CNC(=O)c5c[nH]n(C)c5=O)n4)sc23)C(F)C(C)N1C. The highest BCUT2D eigenvalue weighted by atomic mass is 32.1. The number of aromatic nitrogens is 4. The number of nitrogens with one attached hydrogen (secondary N) is 3. The molecule has 1 aromatic carbocycles. The summed E-state index contributed by atoms with van der Waals surface area (Å²) in [6.45, 7) is 3.64. The Morgan fingerprint density at radius 3 is 2.71 bits per heavy atom. The molecule has 15 heteroatoms. The number of rotatable bonds is 8. The molecule has 1 aliphatic heterocycles. The molecule has 0 saturated carbocycles. The van der Waals surface area contributed by atoms with E-state index in [9.17, 15) is 22.8 Å². The fraction of sp³-hybridized carbons (Fsp3) is 0.481. The highest BCUT2D eigenvalue weighted by Gasteiger charge is 2.39. The Balaban J connectivity index is 1.45. The van der Waals surface area contributed by atoms with Gasteiger partial charge in [0.2, 0.25) is 11.7 Å². The van der Waals surface area contributed by atoms with Crippen molar-refractivity contribution < 1.29 is 26.9 Å². The van der Waals surface area contributed by atoms with Crippen LogP contribution in [0.15, 0.2) is 33.7 Å². The lowest BCUT2D eigenvalue weighted by atomic mass is 9.89. The monoisotopic (exact) mass is 609 g/mol. The summed E-state index contributed by atoms with van der Waals surface area (Å²) < 4.78 is 63.5. The Morgan fingerprint density at radius 1 is 1.29 bits per heavy atom. The maximum Gasteiger partial charge on any atom is 0.393 e. The number of thiophene rings is 1. The lowest BCUT2D eigenvalue weighted by Gasteiger charge is -2.44. The summed E-state index contributed by atoms with van der Waals surface area (Å²) in [6.07, 6.45) is -4.27. The van der Waals surface area contributed by atoms with Gasteiger partial charge in [0.05, 0.1) is 34.3 Å². The Morgan fingerprint density at radius 2 is 2.05 bits per heavy atom. The van der Waals surface area contributed by atoms with Crippen molar-refractivity contribution in [2.24, 2.45) is 7.05 Å². The summed E-state index contributed by atoms with van der Waals surface area (Å²) in [4.78, 5) is 30.8. The fourth-order valence-corrected chi connectivity index (χ4v) is 6.63. The van der Waals surface area contributed by atoms with Crippen LogP contribution in [0.2, 0.25) is 0 Å². The number of carbonyl (C=O) groups is 1. The second-order valence-electron chi connectivity index (χ2n) is 10.5. The van der Waals surface area contributed by atoms with Crippen LogP contribution in [0.5, 0.6) is 0 Å². The zero-order chi connectivity index (χ0) is 30.3. The van der Waals surface area contributed by atoms with E-state index in [1.165, 1.54) is 13.2 Å². The number of halogens is 4. The minimum Gasteiger partial charge on any atom is -0.378 e. The topological polar surface area (TPSA) is 121 Å². The van der Waals surface area contributed by atoms with E-state index in [1.807, 2.05) is 25.8 Å². The van der Waals surface area contributed by atoms with E-state index in [4.69, 9.17) is 4.52 Å². The maximum absolute atomic E-state index is 15.4. The number of hydrogen-bond acceptors (Lipinski definition) is 8. The van der Waals surface area contributed by atoms with Crippen LogP contribution in [0.25, 0.3) is 20.8 Å². The number of aryl methyl sites for hydroxylation is 1. The number of aromatic amines is 1. The van der Waals surface area contributed by atoms with Crippen molar-refractivity contribution in [2.75, 3.05) is 12.4 Å². The highest BCUT2D eigenvalue weighted by Crippen LogP contribution is 2.44. The predicted octanol–water partition coefficient (Wildman–Crippen LogP) is 4.63. The van der Waals surface area contributed by atoms with Crippen LogP contribution in [0.4, 0.5) is 23.2 Å². The van der Waals surface area contributed by atoms with Crippen molar-refractivity contribution in [3.05, 3.63) is 51.8 Å². The van der Waals surface area contributed by atoms with Gasteiger partial charge < -0.3 is 20.3 Å². The average molecular weight is 610 g/mol. The molecule has 0 aliphatic carbocycles. The largest absolute Gasteiger partial charge is 0.393 e. The van der Waals surface area contributed by atoms with Crippen molar-refractivity contribution in [1.29, 1.82) is 0 Å². The molecule has 4 heterocycles. The number of benzene rings is 1. The molecule has 4 unspecified atom stereocenters. The second-order valence-corrected chi connectivity index (χ2v) is 11.5. The molecule has 1 aliphatic rings. The van der Waals surface area contributed by atoms with Gasteiger partial charge in [-0.1, -0.05) is 24.2 Å². The predicted molar refractivity (Wildman–Crippen MR) is 150 cm³/mol. The number of hydrogen-bond donors (Lipinski definition) is 3. The Labute approximate surface area is 242 Å². The van der Waals surface area contributed by atoms with E-state index in [0.717, 1.165) is 22.4 Å². The first kappa shape index (κ1) is 29.8. The number of nitrogens with zero attached hydrogens (tertiary/aromatic N) is 4.